The Morgan fingerprint density at radius 2 is 1.69 bits per heavy atom. The third kappa shape index (κ3) is 7.05. The number of hydrogen-bond acceptors (Lipinski definition) is 5. The van der Waals surface area contributed by atoms with E-state index in [0.717, 1.165) is 50.6 Å². The molecule has 1 aliphatic carbocycles. The monoisotopic (exact) mass is 498 g/mol. The van der Waals surface area contributed by atoms with Crippen molar-refractivity contribution in [2.24, 2.45) is 0 Å². The first-order valence-corrected chi connectivity index (χ1v) is 14.0. The first-order chi connectivity index (χ1) is 16.7. The van der Waals surface area contributed by atoms with Crippen LogP contribution >= 0.6 is 0 Å². The average molecular weight is 499 g/mol. The number of carbonyl (C=O) groups is 2. The van der Waals surface area contributed by atoms with Crippen molar-refractivity contribution >= 4 is 27.5 Å². The minimum Gasteiger partial charge on any atom is -0.349 e. The van der Waals surface area contributed by atoms with Crippen LogP contribution in [0.25, 0.3) is 0 Å². The van der Waals surface area contributed by atoms with Crippen LogP contribution in [0.5, 0.6) is 0 Å². The highest BCUT2D eigenvalue weighted by Gasteiger charge is 2.35. The van der Waals surface area contributed by atoms with Crippen molar-refractivity contribution in [1.29, 1.82) is 0 Å². The summed E-state index contributed by atoms with van der Waals surface area (Å²) >= 11 is 0. The van der Waals surface area contributed by atoms with Crippen LogP contribution in [-0.2, 0) is 14.8 Å². The van der Waals surface area contributed by atoms with Gasteiger partial charge in [-0.1, -0.05) is 29.8 Å². The molecule has 2 aliphatic rings. The molecule has 0 spiro atoms. The Hall–Kier alpha value is -2.91. The molecule has 1 saturated carbocycles. The molecular weight excluding hydrogens is 464 g/mol. The van der Waals surface area contributed by atoms with Crippen LogP contribution in [0.15, 0.2) is 48.5 Å². The lowest BCUT2D eigenvalue weighted by atomic mass is 9.80. The summed E-state index contributed by atoms with van der Waals surface area (Å²) in [6.45, 7) is 3.60. The molecular formula is C26H34N4O4S. The van der Waals surface area contributed by atoms with Gasteiger partial charge in [0.2, 0.25) is 15.9 Å². The van der Waals surface area contributed by atoms with Gasteiger partial charge in [0.05, 0.1) is 18.8 Å². The van der Waals surface area contributed by atoms with Crippen LogP contribution in [0.3, 0.4) is 0 Å². The van der Waals surface area contributed by atoms with Gasteiger partial charge < -0.3 is 10.6 Å². The predicted octanol–water partition coefficient (Wildman–Crippen LogP) is 2.62. The number of hydrogen-bond donors (Lipinski definition) is 3. The highest BCUT2D eigenvalue weighted by atomic mass is 32.2. The fourth-order valence-electron chi connectivity index (χ4n) is 5.04. The molecule has 1 aliphatic heterocycles. The van der Waals surface area contributed by atoms with E-state index in [1.807, 2.05) is 43.3 Å². The Balaban J connectivity index is 1.15. The van der Waals surface area contributed by atoms with Crippen molar-refractivity contribution in [3.63, 3.8) is 0 Å². The van der Waals surface area contributed by atoms with Crippen molar-refractivity contribution in [2.45, 2.75) is 50.6 Å². The summed E-state index contributed by atoms with van der Waals surface area (Å²) < 4.78 is 25.2. The smallest absolute Gasteiger partial charge is 0.251 e. The van der Waals surface area contributed by atoms with Crippen molar-refractivity contribution in [3.05, 3.63) is 65.2 Å². The normalized spacial score (nSPS) is 21.1. The lowest BCUT2D eigenvalue weighted by Gasteiger charge is -2.46. The molecule has 188 valence electrons. The minimum absolute atomic E-state index is 0.0210. The number of likely N-dealkylation sites (tertiary alicyclic amines) is 1. The van der Waals surface area contributed by atoms with E-state index < -0.39 is 10.0 Å². The van der Waals surface area contributed by atoms with Gasteiger partial charge in [-0.3, -0.25) is 19.2 Å². The first kappa shape index (κ1) is 25.2. The number of amides is 2. The van der Waals surface area contributed by atoms with Crippen molar-refractivity contribution < 1.29 is 18.0 Å². The van der Waals surface area contributed by atoms with Gasteiger partial charge in [-0.15, -0.1) is 0 Å². The zero-order chi connectivity index (χ0) is 25.0. The second-order valence-electron chi connectivity index (χ2n) is 9.77. The molecule has 2 aromatic carbocycles. The van der Waals surface area contributed by atoms with Gasteiger partial charge in [-0.2, -0.15) is 0 Å². The summed E-state index contributed by atoms with van der Waals surface area (Å²) in [4.78, 5) is 26.9. The van der Waals surface area contributed by atoms with Crippen molar-refractivity contribution in [3.8, 4) is 0 Å². The number of nitrogens with one attached hydrogen (secondary N) is 3. The molecule has 9 heteroatoms. The Kier molecular flexibility index (Phi) is 7.76. The number of aryl methyl sites for hydroxylation is 1. The van der Waals surface area contributed by atoms with E-state index in [0.29, 0.717) is 23.2 Å². The maximum absolute atomic E-state index is 12.3. The fourth-order valence-corrected chi connectivity index (χ4v) is 5.61. The summed E-state index contributed by atoms with van der Waals surface area (Å²) in [6.07, 6.45) is 5.57. The summed E-state index contributed by atoms with van der Waals surface area (Å²) in [5, 5.41) is 5.71. The van der Waals surface area contributed by atoms with Gasteiger partial charge in [0.25, 0.3) is 5.91 Å². The summed E-state index contributed by atoms with van der Waals surface area (Å²) in [6, 6.07) is 15.7. The summed E-state index contributed by atoms with van der Waals surface area (Å²) in [5.41, 5.74) is 3.41. The van der Waals surface area contributed by atoms with Gasteiger partial charge in [0.15, 0.2) is 0 Å². The number of benzene rings is 2. The maximum Gasteiger partial charge on any atom is 0.251 e. The Morgan fingerprint density at radius 3 is 2.31 bits per heavy atom. The molecule has 2 amide bonds. The molecule has 1 saturated heterocycles. The summed E-state index contributed by atoms with van der Waals surface area (Å²) in [5.74, 6) is 0.0950. The van der Waals surface area contributed by atoms with Crippen LogP contribution in [0.1, 0.15) is 53.1 Å². The van der Waals surface area contributed by atoms with E-state index in [4.69, 9.17) is 0 Å². The fraction of sp³-hybridized carbons (Fsp3) is 0.462. The van der Waals surface area contributed by atoms with E-state index in [-0.39, 0.29) is 24.4 Å². The van der Waals surface area contributed by atoms with Gasteiger partial charge in [0, 0.05) is 30.4 Å². The Morgan fingerprint density at radius 1 is 1.00 bits per heavy atom. The summed E-state index contributed by atoms with van der Waals surface area (Å²) in [7, 11) is -3.26. The van der Waals surface area contributed by atoms with Crippen LogP contribution in [0.4, 0.5) is 5.69 Å². The number of sulfonamides is 1. The SMILES string of the molecule is Cc1cccc(C(=O)NCC(=O)NC2CN([C@H]3CC[C@@H](c4ccc(NS(C)(=O)=O)cc4)CC3)C2)c1. The molecule has 0 bridgehead atoms. The molecule has 1 heterocycles. The zero-order valence-corrected chi connectivity index (χ0v) is 21.1. The number of nitrogens with zero attached hydrogens (tertiary/aromatic N) is 1. The highest BCUT2D eigenvalue weighted by Crippen LogP contribution is 2.36. The van der Waals surface area contributed by atoms with E-state index >= 15 is 0 Å². The molecule has 2 aromatic rings. The van der Waals surface area contributed by atoms with Gasteiger partial charge in [-0.05, 0) is 68.4 Å². The molecule has 4 rings (SSSR count). The third-order valence-corrected chi connectivity index (χ3v) is 7.47. The lowest BCUT2D eigenvalue weighted by Crippen LogP contribution is -2.63. The molecule has 0 aromatic heterocycles. The minimum atomic E-state index is -3.26. The Bertz CT molecular complexity index is 1150. The topological polar surface area (TPSA) is 108 Å². The molecule has 0 radical (unpaired) electrons. The standard InChI is InChI=1S/C26H34N4O4S/c1-18-4-3-5-21(14-18)26(32)27-15-25(31)28-23-16-30(17-23)24-12-8-20(9-13-24)19-6-10-22(11-7-19)29-35(2,33)34/h3-7,10-11,14,20,23-24,29H,8-9,12-13,15-17H2,1-2H3,(H,27,32)(H,28,31)/t20-,24+. The van der Waals surface area contributed by atoms with E-state index in [2.05, 4.69) is 20.3 Å². The molecule has 2 fully saturated rings. The highest BCUT2D eigenvalue weighted by molar-refractivity contribution is 7.92. The lowest BCUT2D eigenvalue weighted by molar-refractivity contribution is -0.122. The average Bonchev–Trinajstić information content (AvgIpc) is 2.79. The van der Waals surface area contributed by atoms with Crippen LogP contribution < -0.4 is 15.4 Å². The van der Waals surface area contributed by atoms with E-state index in [1.165, 1.54) is 5.56 Å². The van der Waals surface area contributed by atoms with Gasteiger partial charge in [0.1, 0.15) is 0 Å². The van der Waals surface area contributed by atoms with Crippen LogP contribution in [0, 0.1) is 6.92 Å². The third-order valence-electron chi connectivity index (χ3n) is 6.86. The van der Waals surface area contributed by atoms with Gasteiger partial charge in [-0.25, -0.2) is 8.42 Å². The molecule has 8 nitrogen and oxygen atoms in total. The largest absolute Gasteiger partial charge is 0.349 e. The van der Waals surface area contributed by atoms with Crippen LogP contribution in [-0.4, -0.2) is 63.1 Å². The Labute approximate surface area is 207 Å². The van der Waals surface area contributed by atoms with E-state index in [9.17, 15) is 18.0 Å². The number of rotatable bonds is 8. The second kappa shape index (κ2) is 10.8. The maximum atomic E-state index is 12.3. The molecule has 0 atom stereocenters. The second-order valence-corrected chi connectivity index (χ2v) is 11.5. The number of anilines is 1. The van der Waals surface area contributed by atoms with Crippen molar-refractivity contribution in [1.82, 2.24) is 15.5 Å². The van der Waals surface area contributed by atoms with Gasteiger partial charge >= 0.3 is 0 Å². The quantitative estimate of drug-likeness (QED) is 0.519. The molecule has 35 heavy (non-hydrogen) atoms. The van der Waals surface area contributed by atoms with Crippen LogP contribution in [0.2, 0.25) is 0 Å². The number of carbonyl (C=O) groups excluding carboxylic acids is 2. The zero-order valence-electron chi connectivity index (χ0n) is 20.3. The molecule has 0 unspecified atom stereocenters. The molecule has 3 N–H and O–H groups in total. The van der Waals surface area contributed by atoms with Crippen molar-refractivity contribution in [2.75, 3.05) is 30.6 Å². The predicted molar refractivity (Wildman–Crippen MR) is 137 cm³/mol. The van der Waals surface area contributed by atoms with E-state index in [1.54, 1.807) is 12.1 Å². The first-order valence-electron chi connectivity index (χ1n) is 12.1.